The van der Waals surface area contributed by atoms with Gasteiger partial charge >= 0.3 is 6.18 Å². The quantitative estimate of drug-likeness (QED) is 0.640. The van der Waals surface area contributed by atoms with E-state index in [1.165, 1.54) is 6.92 Å². The molecule has 0 aliphatic heterocycles. The fourth-order valence-electron chi connectivity index (χ4n) is 1.18. The minimum absolute atomic E-state index is 0.118. The Kier molecular flexibility index (Phi) is 4.30. The zero-order valence-electron chi connectivity index (χ0n) is 8.88. The van der Waals surface area contributed by atoms with Crippen molar-refractivity contribution in [1.29, 1.82) is 0 Å². The number of alkyl halides is 3. The lowest BCUT2D eigenvalue weighted by Gasteiger charge is -2.16. The summed E-state index contributed by atoms with van der Waals surface area (Å²) in [6.45, 7) is -0.0295. The summed E-state index contributed by atoms with van der Waals surface area (Å²) in [7, 11) is 0. The molecule has 0 heterocycles. The van der Waals surface area contributed by atoms with Crippen molar-refractivity contribution in [2.24, 2.45) is 0 Å². The highest BCUT2D eigenvalue weighted by Gasteiger charge is 2.28. The maximum atomic E-state index is 12.9. The molecule has 0 radical (unpaired) electrons. The van der Waals surface area contributed by atoms with Gasteiger partial charge in [0, 0.05) is 5.56 Å². The van der Waals surface area contributed by atoms with Crippen molar-refractivity contribution in [3.8, 4) is 5.75 Å². The second-order valence-corrected chi connectivity index (χ2v) is 3.45. The minimum atomic E-state index is -4.45. The molecule has 1 aromatic carbocycles. The van der Waals surface area contributed by atoms with Crippen LogP contribution in [-0.2, 0) is 4.84 Å². The number of rotatable bonds is 4. The number of halogens is 4. The molecule has 0 aromatic heterocycles. The van der Waals surface area contributed by atoms with E-state index in [4.69, 9.17) is 0 Å². The van der Waals surface area contributed by atoms with Gasteiger partial charge in [-0.3, -0.25) is 4.84 Å². The first-order valence-corrected chi connectivity index (χ1v) is 4.72. The van der Waals surface area contributed by atoms with E-state index in [0.717, 1.165) is 18.2 Å². The summed E-state index contributed by atoms with van der Waals surface area (Å²) < 4.78 is 48.2. The van der Waals surface area contributed by atoms with Crippen LogP contribution in [0.2, 0.25) is 0 Å². The highest BCUT2D eigenvalue weighted by molar-refractivity contribution is 5.34. The Bertz CT molecular complexity index is 381. The van der Waals surface area contributed by atoms with Crippen molar-refractivity contribution in [3.05, 3.63) is 29.6 Å². The Balaban J connectivity index is 2.58. The molecular weight excluding hydrogens is 242 g/mol. The standard InChI is InChI=1S/C10H11F4NO2/c1-6(15-17-5-10(12,13)14)8-4-7(11)2-3-9(8)16/h2-4,6,15-16H,5H2,1H3. The fourth-order valence-corrected chi connectivity index (χ4v) is 1.18. The van der Waals surface area contributed by atoms with E-state index >= 15 is 0 Å². The number of benzene rings is 1. The number of hydrogen-bond acceptors (Lipinski definition) is 3. The Labute approximate surface area is 95.0 Å². The summed E-state index contributed by atoms with van der Waals surface area (Å²) in [5.74, 6) is -0.815. The number of phenolic OH excluding ortho intramolecular Hbond substituents is 1. The number of hydrogen-bond donors (Lipinski definition) is 2. The molecule has 7 heteroatoms. The second-order valence-electron chi connectivity index (χ2n) is 3.45. The molecule has 1 aromatic rings. The van der Waals surface area contributed by atoms with Gasteiger partial charge in [-0.05, 0) is 25.1 Å². The van der Waals surface area contributed by atoms with E-state index in [2.05, 4.69) is 10.3 Å². The predicted octanol–water partition coefficient (Wildman–Crippen LogP) is 2.68. The third-order valence-electron chi connectivity index (χ3n) is 1.95. The van der Waals surface area contributed by atoms with Crippen LogP contribution in [0.5, 0.6) is 5.75 Å². The van der Waals surface area contributed by atoms with Crippen LogP contribution in [0.4, 0.5) is 17.6 Å². The molecule has 0 aliphatic rings. The lowest BCUT2D eigenvalue weighted by atomic mass is 10.1. The fraction of sp³-hybridized carbons (Fsp3) is 0.400. The normalized spacial score (nSPS) is 13.7. The number of hydroxylamine groups is 1. The first-order chi connectivity index (χ1) is 7.79. The molecule has 0 aliphatic carbocycles. The van der Waals surface area contributed by atoms with Crippen molar-refractivity contribution < 1.29 is 27.5 Å². The zero-order chi connectivity index (χ0) is 13.1. The molecular formula is C10H11F4NO2. The second kappa shape index (κ2) is 5.33. The lowest BCUT2D eigenvalue weighted by Crippen LogP contribution is -2.26. The van der Waals surface area contributed by atoms with E-state index in [1.807, 2.05) is 0 Å². The molecule has 0 bridgehead atoms. The molecule has 3 nitrogen and oxygen atoms in total. The van der Waals surface area contributed by atoms with E-state index < -0.39 is 24.6 Å². The van der Waals surface area contributed by atoms with Crippen LogP contribution in [0.15, 0.2) is 18.2 Å². The van der Waals surface area contributed by atoms with Gasteiger partial charge in [0.1, 0.15) is 11.6 Å². The van der Waals surface area contributed by atoms with Gasteiger partial charge in [0.25, 0.3) is 0 Å². The van der Waals surface area contributed by atoms with Crippen molar-refractivity contribution in [1.82, 2.24) is 5.48 Å². The maximum absolute atomic E-state index is 12.9. The van der Waals surface area contributed by atoms with Crippen molar-refractivity contribution >= 4 is 0 Å². The molecule has 0 saturated heterocycles. The molecule has 96 valence electrons. The van der Waals surface area contributed by atoms with Crippen LogP contribution in [0.3, 0.4) is 0 Å². The van der Waals surface area contributed by atoms with Gasteiger partial charge in [0.05, 0.1) is 6.04 Å². The summed E-state index contributed by atoms with van der Waals surface area (Å²) in [6, 6.07) is 2.41. The topological polar surface area (TPSA) is 41.5 Å². The van der Waals surface area contributed by atoms with Crippen LogP contribution in [0.1, 0.15) is 18.5 Å². The van der Waals surface area contributed by atoms with Gasteiger partial charge in [0.15, 0.2) is 6.61 Å². The maximum Gasteiger partial charge on any atom is 0.413 e. The van der Waals surface area contributed by atoms with Crippen LogP contribution in [0.25, 0.3) is 0 Å². The predicted molar refractivity (Wildman–Crippen MR) is 51.6 cm³/mol. The number of phenols is 1. The van der Waals surface area contributed by atoms with E-state index in [9.17, 15) is 22.7 Å². The van der Waals surface area contributed by atoms with Gasteiger partial charge in [-0.15, -0.1) is 0 Å². The van der Waals surface area contributed by atoms with Gasteiger partial charge in [-0.1, -0.05) is 0 Å². The van der Waals surface area contributed by atoms with Crippen LogP contribution in [0, 0.1) is 5.82 Å². The number of aromatic hydroxyl groups is 1. The Hall–Kier alpha value is -1.34. The summed E-state index contributed by atoms with van der Waals surface area (Å²) >= 11 is 0. The molecule has 1 atom stereocenters. The van der Waals surface area contributed by atoms with Crippen LogP contribution < -0.4 is 5.48 Å². The molecule has 0 fully saturated rings. The third-order valence-corrected chi connectivity index (χ3v) is 1.95. The van der Waals surface area contributed by atoms with Gasteiger partial charge < -0.3 is 5.11 Å². The third kappa shape index (κ3) is 4.58. The van der Waals surface area contributed by atoms with Crippen molar-refractivity contribution in [3.63, 3.8) is 0 Å². The summed E-state index contributed by atoms with van der Waals surface area (Å²) in [5, 5.41) is 9.38. The largest absolute Gasteiger partial charge is 0.508 e. The van der Waals surface area contributed by atoms with E-state index in [1.54, 1.807) is 0 Å². The highest BCUT2D eigenvalue weighted by atomic mass is 19.4. The first-order valence-electron chi connectivity index (χ1n) is 4.72. The van der Waals surface area contributed by atoms with Gasteiger partial charge in [-0.2, -0.15) is 18.7 Å². The van der Waals surface area contributed by atoms with E-state index in [-0.39, 0.29) is 11.3 Å². The monoisotopic (exact) mass is 253 g/mol. The van der Waals surface area contributed by atoms with Gasteiger partial charge in [0.2, 0.25) is 0 Å². The van der Waals surface area contributed by atoms with Crippen LogP contribution >= 0.6 is 0 Å². The average molecular weight is 253 g/mol. The summed E-state index contributed by atoms with van der Waals surface area (Å²) in [5.41, 5.74) is 2.19. The molecule has 0 amide bonds. The number of nitrogens with one attached hydrogen (secondary N) is 1. The summed E-state index contributed by atoms with van der Waals surface area (Å²) in [6.07, 6.45) is -4.45. The Morgan fingerprint density at radius 3 is 2.65 bits per heavy atom. The van der Waals surface area contributed by atoms with Crippen molar-refractivity contribution in [2.45, 2.75) is 19.1 Å². The molecule has 1 unspecified atom stereocenters. The SMILES string of the molecule is CC(NOCC(F)(F)F)c1cc(F)ccc1O. The van der Waals surface area contributed by atoms with Gasteiger partial charge in [-0.25, -0.2) is 4.39 Å². The first kappa shape index (κ1) is 13.7. The summed E-state index contributed by atoms with van der Waals surface area (Å²) in [4.78, 5) is 4.20. The Morgan fingerprint density at radius 1 is 1.41 bits per heavy atom. The average Bonchev–Trinajstić information content (AvgIpc) is 2.19. The Morgan fingerprint density at radius 2 is 2.06 bits per heavy atom. The van der Waals surface area contributed by atoms with Crippen LogP contribution in [-0.4, -0.2) is 17.9 Å². The molecule has 1 rings (SSSR count). The smallest absolute Gasteiger partial charge is 0.413 e. The van der Waals surface area contributed by atoms with E-state index in [0.29, 0.717) is 0 Å². The highest BCUT2D eigenvalue weighted by Crippen LogP contribution is 2.25. The molecule has 0 saturated carbocycles. The zero-order valence-corrected chi connectivity index (χ0v) is 8.88. The molecule has 17 heavy (non-hydrogen) atoms. The molecule has 0 spiro atoms. The lowest BCUT2D eigenvalue weighted by molar-refractivity contribution is -0.192. The minimum Gasteiger partial charge on any atom is -0.508 e. The van der Waals surface area contributed by atoms with Crippen molar-refractivity contribution in [2.75, 3.05) is 6.61 Å². The molecule has 2 N–H and O–H groups in total.